The van der Waals surface area contributed by atoms with Crippen LogP contribution in [0.1, 0.15) is 32.0 Å². The fourth-order valence-corrected chi connectivity index (χ4v) is 3.21. The Hall–Kier alpha value is -3.65. The molecule has 0 saturated heterocycles. The van der Waals surface area contributed by atoms with Crippen LogP contribution in [0.2, 0.25) is 0 Å². The van der Waals surface area contributed by atoms with Gasteiger partial charge in [-0.05, 0) is 67.1 Å². The van der Waals surface area contributed by atoms with Crippen LogP contribution in [0.5, 0.6) is 5.75 Å². The summed E-state index contributed by atoms with van der Waals surface area (Å²) in [5.41, 5.74) is 8.46. The van der Waals surface area contributed by atoms with Gasteiger partial charge in [0.2, 0.25) is 0 Å². The zero-order valence-corrected chi connectivity index (χ0v) is 18.2. The molecule has 2 amide bonds. The van der Waals surface area contributed by atoms with Gasteiger partial charge in [-0.15, -0.1) is 0 Å². The Balaban J connectivity index is 1.31. The third-order valence-electron chi connectivity index (χ3n) is 4.55. The zero-order valence-electron chi connectivity index (χ0n) is 16.6. The molecule has 0 spiro atoms. The van der Waals surface area contributed by atoms with Crippen molar-refractivity contribution in [2.75, 3.05) is 0 Å². The number of hydrazine groups is 1. The van der Waals surface area contributed by atoms with E-state index in [2.05, 4.69) is 31.8 Å². The predicted octanol–water partition coefficient (Wildman–Crippen LogP) is 4.06. The van der Waals surface area contributed by atoms with E-state index < -0.39 is 11.8 Å². The largest absolute Gasteiger partial charge is 0.487 e. The number of halogens is 1. The highest BCUT2D eigenvalue weighted by Gasteiger charge is 2.10. The lowest BCUT2D eigenvalue weighted by Crippen LogP contribution is -2.41. The second-order valence-corrected chi connectivity index (χ2v) is 7.85. The van der Waals surface area contributed by atoms with Gasteiger partial charge in [-0.2, -0.15) is 0 Å². The molecule has 0 aliphatic heterocycles. The first-order chi connectivity index (χ1) is 15.0. The highest BCUT2D eigenvalue weighted by molar-refractivity contribution is 9.10. The molecule has 4 aromatic rings. The van der Waals surface area contributed by atoms with Crippen molar-refractivity contribution < 1.29 is 14.3 Å². The Morgan fingerprint density at radius 3 is 2.16 bits per heavy atom. The summed E-state index contributed by atoms with van der Waals surface area (Å²) in [5, 5.41) is 0. The number of hydrogen-bond donors (Lipinski definition) is 2. The molecule has 156 valence electrons. The average molecular weight is 479 g/mol. The molecule has 2 aromatic carbocycles. The van der Waals surface area contributed by atoms with Crippen molar-refractivity contribution in [3.05, 3.63) is 99.9 Å². The summed E-state index contributed by atoms with van der Waals surface area (Å²) < 4.78 is 8.60. The molecule has 0 bridgehead atoms. The van der Waals surface area contributed by atoms with Crippen molar-refractivity contribution >= 4 is 33.4 Å². The number of fused-ring (bicyclic) bond motifs is 1. The van der Waals surface area contributed by atoms with Crippen molar-refractivity contribution in [2.24, 2.45) is 0 Å². The topological polar surface area (TPSA) is 84.7 Å². The highest BCUT2D eigenvalue weighted by Crippen LogP contribution is 2.15. The highest BCUT2D eigenvalue weighted by atomic mass is 79.9. The van der Waals surface area contributed by atoms with Crippen LogP contribution in [0.25, 0.3) is 5.65 Å². The maximum Gasteiger partial charge on any atom is 0.269 e. The molecule has 0 saturated carbocycles. The number of imidazole rings is 1. The number of carbonyl (C=O) groups is 2. The van der Waals surface area contributed by atoms with E-state index in [0.29, 0.717) is 23.5 Å². The van der Waals surface area contributed by atoms with E-state index >= 15 is 0 Å². The second-order valence-electron chi connectivity index (χ2n) is 6.93. The first-order valence-electron chi connectivity index (χ1n) is 9.51. The monoisotopic (exact) mass is 478 g/mol. The minimum Gasteiger partial charge on any atom is -0.487 e. The maximum absolute atomic E-state index is 12.3. The summed E-state index contributed by atoms with van der Waals surface area (Å²) >= 11 is 3.31. The van der Waals surface area contributed by atoms with Gasteiger partial charge in [0, 0.05) is 28.0 Å². The molecule has 4 rings (SSSR count). The Kier molecular flexibility index (Phi) is 5.99. The minimum atomic E-state index is -0.423. The number of pyridine rings is 1. The number of ether oxygens (including phenoxy) is 1. The van der Waals surface area contributed by atoms with Gasteiger partial charge in [0.1, 0.15) is 18.0 Å². The van der Waals surface area contributed by atoms with E-state index in [0.717, 1.165) is 21.4 Å². The number of aryl methyl sites for hydroxylation is 1. The normalized spacial score (nSPS) is 10.6. The molecular formula is C23H19BrN4O3. The molecule has 2 heterocycles. The average Bonchev–Trinajstić information content (AvgIpc) is 3.18. The number of benzene rings is 2. The van der Waals surface area contributed by atoms with Crippen LogP contribution in [0, 0.1) is 6.92 Å². The molecule has 0 unspecified atom stereocenters. The molecule has 8 heteroatoms. The van der Waals surface area contributed by atoms with E-state index in [1.165, 1.54) is 0 Å². The zero-order chi connectivity index (χ0) is 21.8. The Bertz CT molecular complexity index is 1230. The summed E-state index contributed by atoms with van der Waals surface area (Å²) in [6.07, 6.45) is 3.94. The van der Waals surface area contributed by atoms with Crippen LogP contribution in [-0.2, 0) is 6.61 Å². The van der Waals surface area contributed by atoms with Crippen LogP contribution in [0.4, 0.5) is 0 Å². The molecule has 7 nitrogen and oxygen atoms in total. The van der Waals surface area contributed by atoms with Gasteiger partial charge < -0.3 is 9.14 Å². The number of hydrogen-bond acceptors (Lipinski definition) is 4. The van der Waals surface area contributed by atoms with E-state index in [4.69, 9.17) is 4.74 Å². The first-order valence-corrected chi connectivity index (χ1v) is 10.3. The number of rotatable bonds is 5. The van der Waals surface area contributed by atoms with E-state index in [1.807, 2.05) is 35.9 Å². The number of nitrogens with zero attached hydrogens (tertiary/aromatic N) is 2. The van der Waals surface area contributed by atoms with Gasteiger partial charge in [0.25, 0.3) is 11.8 Å². The van der Waals surface area contributed by atoms with Crippen LogP contribution in [-0.4, -0.2) is 21.2 Å². The van der Waals surface area contributed by atoms with Crippen molar-refractivity contribution in [3.63, 3.8) is 0 Å². The lowest BCUT2D eigenvalue weighted by molar-refractivity contribution is 0.0846. The van der Waals surface area contributed by atoms with E-state index in [1.54, 1.807) is 48.5 Å². The van der Waals surface area contributed by atoms with Crippen LogP contribution < -0.4 is 15.6 Å². The SMILES string of the molecule is Cc1ccc2nc(COc3ccc(C(=O)NNC(=O)c4ccc(Br)cc4)cc3)cn2c1. The minimum absolute atomic E-state index is 0.315. The fraction of sp³-hybridized carbons (Fsp3) is 0.0870. The third-order valence-corrected chi connectivity index (χ3v) is 5.08. The number of aromatic nitrogens is 2. The molecule has 2 aromatic heterocycles. The summed E-state index contributed by atoms with van der Waals surface area (Å²) in [7, 11) is 0. The molecule has 0 aliphatic rings. The maximum atomic E-state index is 12.3. The number of nitrogens with one attached hydrogen (secondary N) is 2. The smallest absolute Gasteiger partial charge is 0.269 e. The van der Waals surface area contributed by atoms with Crippen molar-refractivity contribution in [1.82, 2.24) is 20.2 Å². The van der Waals surface area contributed by atoms with Gasteiger partial charge in [-0.25, -0.2) is 4.98 Å². The molecule has 0 fully saturated rings. The Morgan fingerprint density at radius 1 is 0.903 bits per heavy atom. The summed E-state index contributed by atoms with van der Waals surface area (Å²) in [6, 6.07) is 17.4. The van der Waals surface area contributed by atoms with Crippen molar-refractivity contribution in [2.45, 2.75) is 13.5 Å². The van der Waals surface area contributed by atoms with E-state index in [-0.39, 0.29) is 0 Å². The van der Waals surface area contributed by atoms with Crippen molar-refractivity contribution in [1.29, 1.82) is 0 Å². The van der Waals surface area contributed by atoms with Gasteiger partial charge in [0.15, 0.2) is 0 Å². The van der Waals surface area contributed by atoms with Crippen LogP contribution >= 0.6 is 15.9 Å². The fourth-order valence-electron chi connectivity index (χ4n) is 2.94. The van der Waals surface area contributed by atoms with Gasteiger partial charge >= 0.3 is 0 Å². The molecule has 2 N–H and O–H groups in total. The summed E-state index contributed by atoms with van der Waals surface area (Å²) in [6.45, 7) is 2.34. The second kappa shape index (κ2) is 9.01. The molecule has 0 atom stereocenters. The molecule has 0 aliphatic carbocycles. The molecule has 31 heavy (non-hydrogen) atoms. The molecular weight excluding hydrogens is 460 g/mol. The third kappa shape index (κ3) is 5.10. The van der Waals surface area contributed by atoms with Crippen LogP contribution in [0.3, 0.4) is 0 Å². The van der Waals surface area contributed by atoms with Gasteiger partial charge in [0.05, 0.1) is 5.69 Å². The van der Waals surface area contributed by atoms with Crippen LogP contribution in [0.15, 0.2) is 77.5 Å². The van der Waals surface area contributed by atoms with Gasteiger partial charge in [-0.3, -0.25) is 20.4 Å². The van der Waals surface area contributed by atoms with Gasteiger partial charge in [-0.1, -0.05) is 22.0 Å². The quantitative estimate of drug-likeness (QED) is 0.423. The standard InChI is InChI=1S/C23H19BrN4O3/c1-15-2-11-21-25-19(13-28(21)12-15)14-31-20-9-5-17(6-10-20)23(30)27-26-22(29)16-3-7-18(24)8-4-16/h2-13H,14H2,1H3,(H,26,29)(H,27,30). The lowest BCUT2D eigenvalue weighted by atomic mass is 10.2. The summed E-state index contributed by atoms with van der Waals surface area (Å²) in [4.78, 5) is 28.9. The Labute approximate surface area is 187 Å². The number of carbonyl (C=O) groups excluding carboxylic acids is 2. The lowest BCUT2D eigenvalue weighted by Gasteiger charge is -2.08. The first kappa shape index (κ1) is 20.6. The predicted molar refractivity (Wildman–Crippen MR) is 120 cm³/mol. The number of amides is 2. The Morgan fingerprint density at radius 2 is 1.52 bits per heavy atom. The van der Waals surface area contributed by atoms with Crippen molar-refractivity contribution in [3.8, 4) is 5.75 Å². The molecule has 0 radical (unpaired) electrons. The van der Waals surface area contributed by atoms with E-state index in [9.17, 15) is 9.59 Å². The summed E-state index contributed by atoms with van der Waals surface area (Å²) in [5.74, 6) is -0.208.